The van der Waals surface area contributed by atoms with E-state index in [4.69, 9.17) is 15.2 Å². The zero-order chi connectivity index (χ0) is 21.4. The van der Waals surface area contributed by atoms with E-state index in [1.54, 1.807) is 6.92 Å². The molecule has 2 atom stereocenters. The van der Waals surface area contributed by atoms with Gasteiger partial charge < -0.3 is 30.7 Å². The molecule has 0 saturated carbocycles. The molecule has 0 spiro atoms. The number of anilines is 1. The molecule has 1 amide bonds. The smallest absolute Gasteiger partial charge is 0.407 e. The number of nitrogens with two attached hydrogens (primary N) is 1. The van der Waals surface area contributed by atoms with Crippen LogP contribution in [0.5, 0.6) is 0 Å². The summed E-state index contributed by atoms with van der Waals surface area (Å²) in [4.78, 5) is 23.6. The Morgan fingerprint density at radius 2 is 1.86 bits per heavy atom. The molecule has 2 rings (SSSR count). The first-order valence-corrected chi connectivity index (χ1v) is 9.12. The summed E-state index contributed by atoms with van der Waals surface area (Å²) in [6, 6.07) is 12.2. The third-order valence-corrected chi connectivity index (χ3v) is 4.50. The van der Waals surface area contributed by atoms with Crippen molar-refractivity contribution in [2.45, 2.75) is 32.2 Å². The highest BCUT2D eigenvalue weighted by molar-refractivity contribution is 5.92. The number of carbonyl (C=O) groups is 2. The number of esters is 1. The van der Waals surface area contributed by atoms with Gasteiger partial charge in [0.2, 0.25) is 0 Å². The highest BCUT2D eigenvalue weighted by Gasteiger charge is 2.22. The van der Waals surface area contributed by atoms with Crippen molar-refractivity contribution in [3.05, 3.63) is 64.7 Å². The molecule has 0 aliphatic heterocycles. The molecule has 5 N–H and O–H groups in total. The quantitative estimate of drug-likeness (QED) is 0.393. The fourth-order valence-electron chi connectivity index (χ4n) is 2.73. The highest BCUT2D eigenvalue weighted by atomic mass is 16.5. The lowest BCUT2D eigenvalue weighted by Crippen LogP contribution is -2.30. The molecule has 0 saturated heterocycles. The SMILES string of the molecule is COC(=O)c1cc(C(O)C(O)CCNC(=O)OCc2ccccc2)cc(N)c1C. The molecule has 156 valence electrons. The normalized spacial score (nSPS) is 12.7. The number of alkyl carbamates (subject to hydrolysis) is 1. The standard InChI is InChI=1S/C21H26N2O6/c1-13-16(20(26)28-2)10-15(11-17(13)22)19(25)18(24)8-9-23-21(27)29-12-14-6-4-3-5-7-14/h3-7,10-11,18-19,24-25H,8-9,12,22H2,1-2H3,(H,23,27). The van der Waals surface area contributed by atoms with Crippen molar-refractivity contribution in [1.82, 2.24) is 5.32 Å². The van der Waals surface area contributed by atoms with Crippen molar-refractivity contribution in [1.29, 1.82) is 0 Å². The number of aliphatic hydroxyl groups is 2. The molecule has 0 bridgehead atoms. The summed E-state index contributed by atoms with van der Waals surface area (Å²) in [6.07, 6.45) is -3.02. The molecule has 8 nitrogen and oxygen atoms in total. The van der Waals surface area contributed by atoms with Crippen LogP contribution >= 0.6 is 0 Å². The molecule has 29 heavy (non-hydrogen) atoms. The maximum Gasteiger partial charge on any atom is 0.407 e. The number of rotatable bonds is 8. The van der Waals surface area contributed by atoms with Crippen molar-refractivity contribution < 1.29 is 29.3 Å². The number of ether oxygens (including phenoxy) is 2. The van der Waals surface area contributed by atoms with Gasteiger partial charge in [-0.25, -0.2) is 9.59 Å². The van der Waals surface area contributed by atoms with Crippen LogP contribution in [0, 0.1) is 6.92 Å². The minimum Gasteiger partial charge on any atom is -0.465 e. The molecule has 0 aromatic heterocycles. The molecule has 2 aromatic carbocycles. The second-order valence-corrected chi connectivity index (χ2v) is 6.56. The second kappa shape index (κ2) is 10.4. The van der Waals surface area contributed by atoms with Gasteiger partial charge in [0.1, 0.15) is 12.7 Å². The number of hydrogen-bond acceptors (Lipinski definition) is 7. The molecular formula is C21H26N2O6. The monoisotopic (exact) mass is 402 g/mol. The van der Waals surface area contributed by atoms with Gasteiger partial charge in [0.15, 0.2) is 0 Å². The van der Waals surface area contributed by atoms with Crippen LogP contribution in [-0.2, 0) is 16.1 Å². The van der Waals surface area contributed by atoms with Crippen LogP contribution in [0.2, 0.25) is 0 Å². The summed E-state index contributed by atoms with van der Waals surface area (Å²) in [5, 5.41) is 23.2. The molecule has 0 aliphatic carbocycles. The van der Waals surface area contributed by atoms with Crippen molar-refractivity contribution >= 4 is 17.7 Å². The fraction of sp³-hybridized carbons (Fsp3) is 0.333. The molecule has 0 fully saturated rings. The minimum atomic E-state index is -1.29. The van der Waals surface area contributed by atoms with E-state index in [0.29, 0.717) is 11.3 Å². The van der Waals surface area contributed by atoms with Gasteiger partial charge in [-0.15, -0.1) is 0 Å². The van der Waals surface area contributed by atoms with Crippen LogP contribution in [0.3, 0.4) is 0 Å². The number of nitrogen functional groups attached to an aromatic ring is 1. The average Bonchev–Trinajstić information content (AvgIpc) is 2.73. The predicted molar refractivity (Wildman–Crippen MR) is 107 cm³/mol. The fourth-order valence-corrected chi connectivity index (χ4v) is 2.73. The van der Waals surface area contributed by atoms with Gasteiger partial charge in [-0.2, -0.15) is 0 Å². The van der Waals surface area contributed by atoms with Crippen LogP contribution in [0.4, 0.5) is 10.5 Å². The van der Waals surface area contributed by atoms with Gasteiger partial charge in [-0.05, 0) is 42.2 Å². The molecule has 0 heterocycles. The Hall–Kier alpha value is -3.10. The van der Waals surface area contributed by atoms with Gasteiger partial charge in [0.05, 0.1) is 18.8 Å². The molecule has 0 radical (unpaired) electrons. The lowest BCUT2D eigenvalue weighted by molar-refractivity contribution is 0.0135. The third-order valence-electron chi connectivity index (χ3n) is 4.50. The summed E-state index contributed by atoms with van der Waals surface area (Å²) >= 11 is 0. The summed E-state index contributed by atoms with van der Waals surface area (Å²) < 4.78 is 9.79. The Labute approximate surface area is 169 Å². The Bertz CT molecular complexity index is 841. The summed E-state index contributed by atoms with van der Waals surface area (Å²) in [7, 11) is 1.25. The summed E-state index contributed by atoms with van der Waals surface area (Å²) in [6.45, 7) is 1.90. The van der Waals surface area contributed by atoms with Crippen molar-refractivity contribution in [3.63, 3.8) is 0 Å². The van der Waals surface area contributed by atoms with Crippen LogP contribution in [0.1, 0.15) is 39.6 Å². The highest BCUT2D eigenvalue weighted by Crippen LogP contribution is 2.26. The molecule has 2 aromatic rings. The zero-order valence-electron chi connectivity index (χ0n) is 16.4. The van der Waals surface area contributed by atoms with Crippen molar-refractivity contribution in [2.24, 2.45) is 0 Å². The first-order valence-electron chi connectivity index (χ1n) is 9.12. The van der Waals surface area contributed by atoms with Crippen LogP contribution in [0.15, 0.2) is 42.5 Å². The number of amides is 1. The predicted octanol–water partition coefficient (Wildman–Crippen LogP) is 2.07. The topological polar surface area (TPSA) is 131 Å². The van der Waals surface area contributed by atoms with E-state index in [-0.39, 0.29) is 30.7 Å². The molecule has 2 unspecified atom stereocenters. The number of methoxy groups -OCH3 is 1. The van der Waals surface area contributed by atoms with Crippen molar-refractivity contribution in [3.8, 4) is 0 Å². The molecular weight excluding hydrogens is 376 g/mol. The van der Waals surface area contributed by atoms with Crippen LogP contribution < -0.4 is 11.1 Å². The van der Waals surface area contributed by atoms with E-state index in [1.807, 2.05) is 30.3 Å². The molecule has 8 heteroatoms. The second-order valence-electron chi connectivity index (χ2n) is 6.56. The average molecular weight is 402 g/mol. The lowest BCUT2D eigenvalue weighted by atomic mass is 9.96. The Morgan fingerprint density at radius 1 is 1.17 bits per heavy atom. The van der Waals surface area contributed by atoms with Gasteiger partial charge in [-0.3, -0.25) is 0 Å². The van der Waals surface area contributed by atoms with E-state index in [1.165, 1.54) is 19.2 Å². The Kier molecular flexibility index (Phi) is 7.99. The van der Waals surface area contributed by atoms with Crippen LogP contribution in [-0.4, -0.2) is 42.0 Å². The van der Waals surface area contributed by atoms with Gasteiger partial charge in [-0.1, -0.05) is 30.3 Å². The number of nitrogens with one attached hydrogen (secondary N) is 1. The van der Waals surface area contributed by atoms with E-state index < -0.39 is 24.3 Å². The van der Waals surface area contributed by atoms with E-state index in [0.717, 1.165) is 5.56 Å². The van der Waals surface area contributed by atoms with E-state index >= 15 is 0 Å². The van der Waals surface area contributed by atoms with Crippen molar-refractivity contribution in [2.75, 3.05) is 19.4 Å². The van der Waals surface area contributed by atoms with Gasteiger partial charge in [0.25, 0.3) is 0 Å². The van der Waals surface area contributed by atoms with Crippen LogP contribution in [0.25, 0.3) is 0 Å². The van der Waals surface area contributed by atoms with E-state index in [9.17, 15) is 19.8 Å². The Balaban J connectivity index is 1.87. The van der Waals surface area contributed by atoms with Gasteiger partial charge in [0, 0.05) is 12.2 Å². The number of benzene rings is 2. The molecule has 0 aliphatic rings. The lowest BCUT2D eigenvalue weighted by Gasteiger charge is -2.20. The minimum absolute atomic E-state index is 0.0724. The van der Waals surface area contributed by atoms with E-state index in [2.05, 4.69) is 5.32 Å². The summed E-state index contributed by atoms with van der Waals surface area (Å²) in [5.41, 5.74) is 8.10. The first kappa shape index (κ1) is 22.2. The maximum absolute atomic E-state index is 11.9. The first-order chi connectivity index (χ1) is 13.8. The Morgan fingerprint density at radius 3 is 2.52 bits per heavy atom. The number of aliphatic hydroxyl groups excluding tert-OH is 2. The number of carbonyl (C=O) groups excluding carboxylic acids is 2. The number of hydrogen-bond donors (Lipinski definition) is 4. The summed E-state index contributed by atoms with van der Waals surface area (Å²) in [5.74, 6) is -0.583. The third kappa shape index (κ3) is 6.20. The largest absolute Gasteiger partial charge is 0.465 e. The maximum atomic E-state index is 11.9. The zero-order valence-corrected chi connectivity index (χ0v) is 16.4. The van der Waals surface area contributed by atoms with Gasteiger partial charge >= 0.3 is 12.1 Å².